The number of piperidine rings is 1. The molecule has 3 aromatic rings. The molecule has 4 rings (SSSR count). The number of nitrogens with zero attached hydrogens (tertiary/aromatic N) is 2. The fourth-order valence-corrected chi connectivity index (χ4v) is 4.65. The predicted molar refractivity (Wildman–Crippen MR) is 138 cm³/mol. The fraction of sp³-hybridized carbons (Fsp3) is 0.370. The molecule has 0 bridgehead atoms. The summed E-state index contributed by atoms with van der Waals surface area (Å²) in [5.74, 6) is -1.66. The summed E-state index contributed by atoms with van der Waals surface area (Å²) in [6.07, 6.45) is -3.79. The molecule has 3 N–H and O–H groups in total. The molecule has 0 spiro atoms. The van der Waals surface area contributed by atoms with Crippen molar-refractivity contribution < 1.29 is 37.4 Å². The first-order valence-corrected chi connectivity index (χ1v) is 12.4. The normalized spacial score (nSPS) is 14.4. The molecule has 1 aliphatic rings. The molecular weight excluding hydrogens is 517 g/mol. The van der Waals surface area contributed by atoms with E-state index < -0.39 is 37.1 Å². The molecule has 208 valence electrons. The van der Waals surface area contributed by atoms with Gasteiger partial charge in [-0.1, -0.05) is 18.2 Å². The number of halogens is 3. The van der Waals surface area contributed by atoms with E-state index in [1.807, 2.05) is 0 Å². The standard InChI is InChI=1S/C27H29F3N4O5/c1-16-12-21-19(13-20(16)32-25(37)17-6-4-3-5-7-17)24(39-15-27(28,29)30)23(33(21)2)26(38)31-18-8-10-34(11-9-18)22(36)14-35/h3-7,12-13,18,35H,8-11,14-15H2,1-2H3,(H,31,38)(H,32,37). The van der Waals surface area contributed by atoms with E-state index in [-0.39, 0.29) is 22.9 Å². The lowest BCUT2D eigenvalue weighted by molar-refractivity contribution is -0.153. The minimum atomic E-state index is -4.64. The minimum absolute atomic E-state index is 0.0888. The Balaban J connectivity index is 1.66. The Labute approximate surface area is 222 Å². The van der Waals surface area contributed by atoms with E-state index >= 15 is 0 Å². The second-order valence-electron chi connectivity index (χ2n) is 9.43. The summed E-state index contributed by atoms with van der Waals surface area (Å²) in [5.41, 5.74) is 1.78. The van der Waals surface area contributed by atoms with E-state index in [4.69, 9.17) is 9.84 Å². The van der Waals surface area contributed by atoms with Gasteiger partial charge >= 0.3 is 6.18 Å². The van der Waals surface area contributed by atoms with Crippen LogP contribution in [0, 0.1) is 6.92 Å². The van der Waals surface area contributed by atoms with Gasteiger partial charge in [0, 0.05) is 42.8 Å². The van der Waals surface area contributed by atoms with Crippen molar-refractivity contribution in [3.05, 3.63) is 59.3 Å². The van der Waals surface area contributed by atoms with Crippen molar-refractivity contribution in [2.45, 2.75) is 32.0 Å². The van der Waals surface area contributed by atoms with Gasteiger partial charge in [0.1, 0.15) is 6.61 Å². The number of aryl methyl sites for hydroxylation is 2. The van der Waals surface area contributed by atoms with Gasteiger partial charge in [0.2, 0.25) is 5.91 Å². The van der Waals surface area contributed by atoms with Crippen molar-refractivity contribution in [3.63, 3.8) is 0 Å². The van der Waals surface area contributed by atoms with Crippen molar-refractivity contribution in [3.8, 4) is 5.75 Å². The molecule has 9 nitrogen and oxygen atoms in total. The number of hydrogen-bond acceptors (Lipinski definition) is 5. The molecule has 3 amide bonds. The highest BCUT2D eigenvalue weighted by atomic mass is 19.4. The maximum atomic E-state index is 13.4. The zero-order valence-corrected chi connectivity index (χ0v) is 21.5. The van der Waals surface area contributed by atoms with Crippen molar-refractivity contribution in [2.24, 2.45) is 7.05 Å². The number of ether oxygens (including phenoxy) is 1. The highest BCUT2D eigenvalue weighted by molar-refractivity contribution is 6.08. The van der Waals surface area contributed by atoms with E-state index in [0.717, 1.165) is 0 Å². The topological polar surface area (TPSA) is 113 Å². The molecule has 0 saturated carbocycles. The number of amides is 3. The number of carbonyl (C=O) groups excluding carboxylic acids is 3. The molecule has 1 aromatic heterocycles. The summed E-state index contributed by atoms with van der Waals surface area (Å²) in [6, 6.07) is 11.3. The lowest BCUT2D eigenvalue weighted by atomic mass is 10.0. The molecule has 0 atom stereocenters. The Morgan fingerprint density at radius 1 is 1.08 bits per heavy atom. The second kappa shape index (κ2) is 11.4. The van der Waals surface area contributed by atoms with Gasteiger partial charge in [0.25, 0.3) is 11.8 Å². The van der Waals surface area contributed by atoms with Gasteiger partial charge in [-0.15, -0.1) is 0 Å². The van der Waals surface area contributed by atoms with Crippen molar-refractivity contribution >= 4 is 34.3 Å². The number of rotatable bonds is 7. The van der Waals surface area contributed by atoms with Gasteiger partial charge in [0.15, 0.2) is 18.1 Å². The average molecular weight is 547 g/mol. The fourth-order valence-electron chi connectivity index (χ4n) is 4.65. The molecule has 12 heteroatoms. The monoisotopic (exact) mass is 546 g/mol. The number of likely N-dealkylation sites (tertiary alicyclic amines) is 1. The van der Waals surface area contributed by atoms with Crippen molar-refractivity contribution in [2.75, 3.05) is 31.6 Å². The zero-order chi connectivity index (χ0) is 28.3. The number of aliphatic hydroxyl groups is 1. The molecule has 1 fully saturated rings. The Morgan fingerprint density at radius 3 is 2.36 bits per heavy atom. The number of carbonyl (C=O) groups is 3. The third-order valence-corrected chi connectivity index (χ3v) is 6.70. The predicted octanol–water partition coefficient (Wildman–Crippen LogP) is 3.39. The molecule has 0 unspecified atom stereocenters. The van der Waals surface area contributed by atoms with Gasteiger partial charge in [0.05, 0.1) is 5.52 Å². The second-order valence-corrected chi connectivity index (χ2v) is 9.43. The molecule has 2 heterocycles. The lowest BCUT2D eigenvalue weighted by Gasteiger charge is -2.32. The maximum absolute atomic E-state index is 13.4. The van der Waals surface area contributed by atoms with E-state index in [0.29, 0.717) is 48.3 Å². The number of nitrogens with one attached hydrogen (secondary N) is 2. The van der Waals surface area contributed by atoms with Crippen LogP contribution in [-0.2, 0) is 11.8 Å². The van der Waals surface area contributed by atoms with Crippen LogP contribution >= 0.6 is 0 Å². The van der Waals surface area contributed by atoms with Crippen LogP contribution in [0.15, 0.2) is 42.5 Å². The van der Waals surface area contributed by atoms with Gasteiger partial charge in [-0.2, -0.15) is 13.2 Å². The van der Waals surface area contributed by atoms with Crippen molar-refractivity contribution in [1.82, 2.24) is 14.8 Å². The van der Waals surface area contributed by atoms with E-state index in [1.165, 1.54) is 15.5 Å². The van der Waals surface area contributed by atoms with Crippen LogP contribution in [0.3, 0.4) is 0 Å². The maximum Gasteiger partial charge on any atom is 0.422 e. The summed E-state index contributed by atoms with van der Waals surface area (Å²) < 4.78 is 46.1. The minimum Gasteiger partial charge on any atom is -0.481 e. The van der Waals surface area contributed by atoms with E-state index in [1.54, 1.807) is 50.4 Å². The summed E-state index contributed by atoms with van der Waals surface area (Å²) in [5, 5.41) is 14.9. The van der Waals surface area contributed by atoms with E-state index in [9.17, 15) is 27.6 Å². The third-order valence-electron chi connectivity index (χ3n) is 6.70. The Bertz CT molecular complexity index is 1380. The zero-order valence-electron chi connectivity index (χ0n) is 21.5. The third kappa shape index (κ3) is 6.33. The molecule has 1 saturated heterocycles. The SMILES string of the molecule is Cc1cc2c(cc1NC(=O)c1ccccc1)c(OCC(F)(F)F)c(C(=O)NC1CCN(C(=O)CO)CC1)n2C. The number of fused-ring (bicyclic) bond motifs is 1. The van der Waals surface area contributed by atoms with Gasteiger partial charge in [-0.25, -0.2) is 0 Å². The molecule has 0 radical (unpaired) electrons. The van der Waals surface area contributed by atoms with Crippen LogP contribution in [0.1, 0.15) is 39.3 Å². The van der Waals surface area contributed by atoms with Crippen LogP contribution in [0.4, 0.5) is 18.9 Å². The highest BCUT2D eigenvalue weighted by Crippen LogP contribution is 2.37. The molecular formula is C27H29F3N4O5. The molecule has 39 heavy (non-hydrogen) atoms. The van der Waals surface area contributed by atoms with Crippen LogP contribution in [0.2, 0.25) is 0 Å². The first kappa shape index (κ1) is 28.0. The number of hydrogen-bond donors (Lipinski definition) is 3. The Kier molecular flexibility index (Phi) is 8.14. The molecule has 2 aromatic carbocycles. The smallest absolute Gasteiger partial charge is 0.422 e. The highest BCUT2D eigenvalue weighted by Gasteiger charge is 2.33. The number of aromatic nitrogens is 1. The largest absolute Gasteiger partial charge is 0.481 e. The average Bonchev–Trinajstić information content (AvgIpc) is 3.18. The van der Waals surface area contributed by atoms with Crippen LogP contribution < -0.4 is 15.4 Å². The number of benzene rings is 2. The lowest BCUT2D eigenvalue weighted by Crippen LogP contribution is -2.47. The summed E-state index contributed by atoms with van der Waals surface area (Å²) in [7, 11) is 1.56. The summed E-state index contributed by atoms with van der Waals surface area (Å²) in [4.78, 5) is 39.3. The van der Waals surface area contributed by atoms with E-state index in [2.05, 4.69) is 10.6 Å². The Hall–Kier alpha value is -4.06. The van der Waals surface area contributed by atoms with Crippen LogP contribution in [0.25, 0.3) is 10.9 Å². The first-order valence-electron chi connectivity index (χ1n) is 12.4. The molecule has 1 aliphatic heterocycles. The first-order chi connectivity index (χ1) is 18.5. The van der Waals surface area contributed by atoms with Gasteiger partial charge < -0.3 is 29.9 Å². The van der Waals surface area contributed by atoms with Gasteiger partial charge in [-0.05, 0) is 49.6 Å². The van der Waals surface area contributed by atoms with Crippen molar-refractivity contribution in [1.29, 1.82) is 0 Å². The van der Waals surface area contributed by atoms with Crippen LogP contribution in [0.5, 0.6) is 5.75 Å². The number of alkyl halides is 3. The quantitative estimate of drug-likeness (QED) is 0.421. The van der Waals surface area contributed by atoms with Crippen LogP contribution in [-0.4, -0.2) is 70.8 Å². The number of aliphatic hydroxyl groups excluding tert-OH is 1. The molecule has 0 aliphatic carbocycles. The summed E-state index contributed by atoms with van der Waals surface area (Å²) >= 11 is 0. The van der Waals surface area contributed by atoms with Gasteiger partial charge in [-0.3, -0.25) is 14.4 Å². The Morgan fingerprint density at radius 2 is 1.74 bits per heavy atom. The number of anilines is 1. The summed E-state index contributed by atoms with van der Waals surface area (Å²) in [6.45, 7) is 0.208.